The molecule has 0 bridgehead atoms. The second-order valence-corrected chi connectivity index (χ2v) is 3.68. The first kappa shape index (κ1) is 10.6. The zero-order valence-electron chi connectivity index (χ0n) is 9.10. The van der Waals surface area contributed by atoms with Crippen molar-refractivity contribution in [3.05, 3.63) is 53.6 Å². The van der Waals surface area contributed by atoms with Gasteiger partial charge in [0, 0.05) is 18.1 Å². The molecule has 3 nitrogen and oxygen atoms in total. The number of aromatic nitrogens is 2. The van der Waals surface area contributed by atoms with Crippen molar-refractivity contribution in [3.8, 4) is 0 Å². The summed E-state index contributed by atoms with van der Waals surface area (Å²) < 4.78 is 1.72. The van der Waals surface area contributed by atoms with Crippen LogP contribution in [0.5, 0.6) is 0 Å². The van der Waals surface area contributed by atoms with E-state index in [2.05, 4.69) is 11.6 Å². The van der Waals surface area contributed by atoms with Gasteiger partial charge >= 0.3 is 5.69 Å². The summed E-state index contributed by atoms with van der Waals surface area (Å²) in [7, 11) is 0. The van der Waals surface area contributed by atoms with Crippen LogP contribution in [0.3, 0.4) is 0 Å². The fourth-order valence-electron chi connectivity index (χ4n) is 1.75. The van der Waals surface area contributed by atoms with Crippen LogP contribution in [0.25, 0.3) is 10.9 Å². The molecule has 82 valence electrons. The molecule has 0 aliphatic carbocycles. The Bertz CT molecular complexity index is 557. The highest BCUT2D eigenvalue weighted by Crippen LogP contribution is 2.10. The van der Waals surface area contributed by atoms with E-state index >= 15 is 0 Å². The van der Waals surface area contributed by atoms with E-state index in [1.807, 2.05) is 30.3 Å². The minimum atomic E-state index is -0.178. The van der Waals surface area contributed by atoms with Crippen LogP contribution in [0.2, 0.25) is 0 Å². The average molecular weight is 214 g/mol. The largest absolute Gasteiger partial charge is 0.348 e. The van der Waals surface area contributed by atoms with E-state index in [9.17, 15) is 4.79 Å². The molecule has 16 heavy (non-hydrogen) atoms. The summed E-state index contributed by atoms with van der Waals surface area (Å²) in [6.45, 7) is 4.37. The van der Waals surface area contributed by atoms with Gasteiger partial charge in [0.15, 0.2) is 0 Å². The van der Waals surface area contributed by atoms with Crippen molar-refractivity contribution in [1.29, 1.82) is 0 Å². The Morgan fingerprint density at radius 1 is 1.38 bits per heavy atom. The van der Waals surface area contributed by atoms with E-state index < -0.39 is 0 Å². The van der Waals surface area contributed by atoms with Crippen molar-refractivity contribution in [2.75, 3.05) is 0 Å². The fraction of sp³-hybridized carbons (Fsp3) is 0.231. The summed E-state index contributed by atoms with van der Waals surface area (Å²) >= 11 is 0. The quantitative estimate of drug-likeness (QED) is 0.578. The number of rotatable bonds is 4. The van der Waals surface area contributed by atoms with E-state index in [-0.39, 0.29) is 5.69 Å². The standard InChI is InChI=1S/C13H14N2O/c1-2-3-6-9-15-12-8-5-4-7-11(12)10-14-13(15)16/h2,4-5,7-8,10H,1,3,6,9H2. The lowest BCUT2D eigenvalue weighted by Gasteiger charge is -2.07. The topological polar surface area (TPSA) is 34.9 Å². The van der Waals surface area contributed by atoms with Gasteiger partial charge in [0.1, 0.15) is 0 Å². The van der Waals surface area contributed by atoms with Crippen LogP contribution in [-0.4, -0.2) is 9.55 Å². The second-order valence-electron chi connectivity index (χ2n) is 3.68. The van der Waals surface area contributed by atoms with Crippen LogP contribution in [0.4, 0.5) is 0 Å². The predicted octanol–water partition coefficient (Wildman–Crippen LogP) is 2.36. The average Bonchev–Trinajstić information content (AvgIpc) is 2.32. The molecule has 0 N–H and O–H groups in total. The summed E-state index contributed by atoms with van der Waals surface area (Å²) in [6.07, 6.45) is 5.32. The van der Waals surface area contributed by atoms with Crippen LogP contribution in [0.15, 0.2) is 47.9 Å². The Kier molecular flexibility index (Phi) is 3.15. The van der Waals surface area contributed by atoms with Gasteiger partial charge in [-0.3, -0.25) is 4.57 Å². The Morgan fingerprint density at radius 2 is 2.19 bits per heavy atom. The lowest BCUT2D eigenvalue weighted by molar-refractivity contribution is 0.635. The van der Waals surface area contributed by atoms with Crippen LogP contribution in [0, 0.1) is 0 Å². The maximum Gasteiger partial charge on any atom is 0.348 e. The Labute approximate surface area is 94.1 Å². The minimum Gasteiger partial charge on any atom is -0.292 e. The van der Waals surface area contributed by atoms with Crippen LogP contribution >= 0.6 is 0 Å². The lowest BCUT2D eigenvalue weighted by atomic mass is 10.2. The number of unbranched alkanes of at least 4 members (excludes halogenated alkanes) is 1. The molecule has 2 aromatic rings. The molecule has 0 aliphatic heterocycles. The summed E-state index contributed by atoms with van der Waals surface area (Å²) in [5.41, 5.74) is 0.773. The molecule has 1 aromatic carbocycles. The third-order valence-corrected chi connectivity index (χ3v) is 2.56. The summed E-state index contributed by atoms with van der Waals surface area (Å²) in [5.74, 6) is 0. The van der Waals surface area contributed by atoms with Crippen LogP contribution < -0.4 is 5.69 Å². The predicted molar refractivity (Wildman–Crippen MR) is 65.4 cm³/mol. The summed E-state index contributed by atoms with van der Waals surface area (Å²) in [5, 5.41) is 1.00. The number of fused-ring (bicyclic) bond motifs is 1. The zero-order valence-corrected chi connectivity index (χ0v) is 9.10. The third-order valence-electron chi connectivity index (χ3n) is 2.56. The SMILES string of the molecule is C=CCCCn1c(=O)ncc2ccccc21. The third kappa shape index (κ3) is 2.03. The second kappa shape index (κ2) is 4.75. The molecule has 0 unspecified atom stereocenters. The van der Waals surface area contributed by atoms with Crippen molar-refractivity contribution in [3.63, 3.8) is 0 Å². The van der Waals surface area contributed by atoms with Crippen molar-refractivity contribution in [1.82, 2.24) is 9.55 Å². The van der Waals surface area contributed by atoms with Crippen molar-refractivity contribution in [2.24, 2.45) is 0 Å². The first-order valence-electron chi connectivity index (χ1n) is 5.38. The van der Waals surface area contributed by atoms with Gasteiger partial charge in [-0.05, 0) is 18.9 Å². The van der Waals surface area contributed by atoms with Crippen LogP contribution in [-0.2, 0) is 6.54 Å². The number of hydrogen-bond acceptors (Lipinski definition) is 2. The molecule has 3 heteroatoms. The molecular formula is C13H14N2O. The molecule has 0 amide bonds. The molecule has 0 spiro atoms. The van der Waals surface area contributed by atoms with E-state index in [0.717, 1.165) is 23.7 Å². The highest BCUT2D eigenvalue weighted by Gasteiger charge is 2.02. The van der Waals surface area contributed by atoms with Gasteiger partial charge in [-0.1, -0.05) is 24.3 Å². The molecule has 0 aliphatic rings. The number of nitrogens with zero attached hydrogens (tertiary/aromatic N) is 2. The van der Waals surface area contributed by atoms with Gasteiger partial charge in [-0.25, -0.2) is 9.78 Å². The monoisotopic (exact) mass is 214 g/mol. The van der Waals surface area contributed by atoms with Gasteiger partial charge in [-0.2, -0.15) is 0 Å². The summed E-state index contributed by atoms with van der Waals surface area (Å²) in [6, 6.07) is 7.80. The van der Waals surface area contributed by atoms with E-state index in [0.29, 0.717) is 6.54 Å². The van der Waals surface area contributed by atoms with Crippen molar-refractivity contribution >= 4 is 10.9 Å². The van der Waals surface area contributed by atoms with Crippen molar-refractivity contribution < 1.29 is 0 Å². The van der Waals surface area contributed by atoms with Gasteiger partial charge < -0.3 is 0 Å². The summed E-state index contributed by atoms with van der Waals surface area (Å²) in [4.78, 5) is 15.5. The zero-order chi connectivity index (χ0) is 11.4. The van der Waals surface area contributed by atoms with E-state index in [1.54, 1.807) is 10.8 Å². The van der Waals surface area contributed by atoms with E-state index in [4.69, 9.17) is 0 Å². The number of benzene rings is 1. The molecule has 0 saturated carbocycles. The fourth-order valence-corrected chi connectivity index (χ4v) is 1.75. The Hall–Kier alpha value is -1.90. The van der Waals surface area contributed by atoms with Gasteiger partial charge in [-0.15, -0.1) is 6.58 Å². The molecule has 0 fully saturated rings. The molecule has 2 rings (SSSR count). The molecule has 1 heterocycles. The van der Waals surface area contributed by atoms with Gasteiger partial charge in [0.25, 0.3) is 0 Å². The maximum atomic E-state index is 11.7. The maximum absolute atomic E-state index is 11.7. The first-order valence-corrected chi connectivity index (χ1v) is 5.38. The number of aryl methyl sites for hydroxylation is 1. The molecule has 0 atom stereocenters. The molecule has 0 saturated heterocycles. The highest BCUT2D eigenvalue weighted by atomic mass is 16.1. The van der Waals surface area contributed by atoms with Crippen molar-refractivity contribution in [2.45, 2.75) is 19.4 Å². The smallest absolute Gasteiger partial charge is 0.292 e. The Morgan fingerprint density at radius 3 is 3.00 bits per heavy atom. The number of allylic oxidation sites excluding steroid dienone is 1. The minimum absolute atomic E-state index is 0.178. The van der Waals surface area contributed by atoms with Gasteiger partial charge in [0.05, 0.1) is 5.52 Å². The number of para-hydroxylation sites is 1. The number of hydrogen-bond donors (Lipinski definition) is 0. The Balaban J connectivity index is 2.44. The highest BCUT2D eigenvalue weighted by molar-refractivity contribution is 5.77. The molecular weight excluding hydrogens is 200 g/mol. The normalized spacial score (nSPS) is 10.5. The molecule has 1 aromatic heterocycles. The molecule has 0 radical (unpaired) electrons. The first-order chi connectivity index (χ1) is 7.83. The van der Waals surface area contributed by atoms with Gasteiger partial charge in [0.2, 0.25) is 0 Å². The van der Waals surface area contributed by atoms with E-state index in [1.165, 1.54) is 0 Å². The van der Waals surface area contributed by atoms with Crippen LogP contribution in [0.1, 0.15) is 12.8 Å². The lowest BCUT2D eigenvalue weighted by Crippen LogP contribution is -2.22.